The van der Waals surface area contributed by atoms with Crippen molar-refractivity contribution in [3.63, 3.8) is 0 Å². The quantitative estimate of drug-likeness (QED) is 0.709. The molecule has 0 N–H and O–H groups in total. The van der Waals surface area contributed by atoms with Crippen molar-refractivity contribution in [2.75, 3.05) is 13.7 Å². The van der Waals surface area contributed by atoms with Gasteiger partial charge >= 0.3 is 0 Å². The summed E-state index contributed by atoms with van der Waals surface area (Å²) in [5.74, 6) is 2.79. The molecule has 3 nitrogen and oxygen atoms in total. The fourth-order valence-electron chi connectivity index (χ4n) is 7.48. The molecule has 0 aromatic carbocycles. The van der Waals surface area contributed by atoms with Gasteiger partial charge < -0.3 is 9.64 Å². The van der Waals surface area contributed by atoms with Gasteiger partial charge in [0.1, 0.15) is 0 Å². The standard InChI is InChI=1S/C22H35NO2/c1-5-12-25-15-13-18-16-6-7-19-22(3,11-9-20(24)23(19)4)17(16)8-10-21(18,2)14-15/h5,15-19H,1,6-14H2,2-4H3/t15-,16+,17-,18-,19+,21+,22+/m0/s1. The summed E-state index contributed by atoms with van der Waals surface area (Å²) in [4.78, 5) is 14.3. The minimum Gasteiger partial charge on any atom is -0.374 e. The topological polar surface area (TPSA) is 29.5 Å². The van der Waals surface area contributed by atoms with Crippen LogP contribution >= 0.6 is 0 Å². The van der Waals surface area contributed by atoms with Crippen molar-refractivity contribution in [2.24, 2.45) is 28.6 Å². The third-order valence-corrected chi connectivity index (χ3v) is 8.74. The highest BCUT2D eigenvalue weighted by Crippen LogP contribution is 2.64. The van der Waals surface area contributed by atoms with Gasteiger partial charge in [-0.2, -0.15) is 0 Å². The van der Waals surface area contributed by atoms with E-state index in [0.29, 0.717) is 35.5 Å². The maximum Gasteiger partial charge on any atom is 0.222 e. The zero-order valence-corrected chi connectivity index (χ0v) is 16.3. The van der Waals surface area contributed by atoms with E-state index in [1.54, 1.807) is 0 Å². The van der Waals surface area contributed by atoms with Gasteiger partial charge in [-0.25, -0.2) is 0 Å². The highest BCUT2D eigenvalue weighted by atomic mass is 16.5. The Morgan fingerprint density at radius 3 is 2.80 bits per heavy atom. The molecule has 4 rings (SSSR count). The van der Waals surface area contributed by atoms with E-state index >= 15 is 0 Å². The SMILES string of the molecule is C=CCO[C@H]1C[C@H]2[C@@H]3CC[C@H]4N(C)C(=O)CC[C@]4(C)[C@H]3CC[C@]2(C)C1. The molecule has 1 heterocycles. The van der Waals surface area contributed by atoms with Crippen LogP contribution in [0.15, 0.2) is 12.7 Å². The van der Waals surface area contributed by atoms with Gasteiger partial charge in [0, 0.05) is 19.5 Å². The summed E-state index contributed by atoms with van der Waals surface area (Å²) in [7, 11) is 2.05. The molecule has 0 unspecified atom stereocenters. The van der Waals surface area contributed by atoms with E-state index < -0.39 is 0 Å². The summed E-state index contributed by atoms with van der Waals surface area (Å²) >= 11 is 0. The van der Waals surface area contributed by atoms with Crippen LogP contribution in [0, 0.1) is 28.6 Å². The first-order valence-corrected chi connectivity index (χ1v) is 10.4. The minimum atomic E-state index is 0.326. The van der Waals surface area contributed by atoms with Crippen LogP contribution in [0.5, 0.6) is 0 Å². The molecule has 1 amide bonds. The number of amides is 1. The number of fused-ring (bicyclic) bond motifs is 5. The second kappa shape index (κ2) is 6.11. The number of rotatable bonds is 3. The third kappa shape index (κ3) is 2.60. The Labute approximate surface area is 153 Å². The van der Waals surface area contributed by atoms with Gasteiger partial charge in [0.25, 0.3) is 0 Å². The van der Waals surface area contributed by atoms with Crippen LogP contribution in [-0.2, 0) is 9.53 Å². The molecule has 0 aromatic rings. The van der Waals surface area contributed by atoms with Crippen molar-refractivity contribution in [2.45, 2.75) is 77.4 Å². The Hall–Kier alpha value is -0.830. The fourth-order valence-corrected chi connectivity index (χ4v) is 7.48. The molecule has 3 saturated carbocycles. The lowest BCUT2D eigenvalue weighted by atomic mass is 9.47. The number of hydrogen-bond acceptors (Lipinski definition) is 2. The third-order valence-electron chi connectivity index (χ3n) is 8.74. The Balaban J connectivity index is 1.56. The van der Waals surface area contributed by atoms with E-state index in [2.05, 4.69) is 25.3 Å². The lowest BCUT2D eigenvalue weighted by Gasteiger charge is -2.61. The number of carbonyl (C=O) groups is 1. The summed E-state index contributed by atoms with van der Waals surface area (Å²) < 4.78 is 6.08. The van der Waals surface area contributed by atoms with Crippen LogP contribution in [0.2, 0.25) is 0 Å². The molecule has 0 bridgehead atoms. The van der Waals surface area contributed by atoms with Gasteiger partial charge in [-0.15, -0.1) is 6.58 Å². The molecular formula is C22H35NO2. The van der Waals surface area contributed by atoms with E-state index in [1.165, 1.54) is 38.5 Å². The van der Waals surface area contributed by atoms with Gasteiger partial charge in [-0.05, 0) is 73.5 Å². The maximum absolute atomic E-state index is 12.2. The number of hydrogen-bond donors (Lipinski definition) is 0. The second-order valence-corrected chi connectivity index (χ2v) is 9.86. The van der Waals surface area contributed by atoms with Crippen molar-refractivity contribution < 1.29 is 9.53 Å². The van der Waals surface area contributed by atoms with Crippen molar-refractivity contribution in [3.05, 3.63) is 12.7 Å². The van der Waals surface area contributed by atoms with Crippen molar-refractivity contribution in [1.82, 2.24) is 4.90 Å². The smallest absolute Gasteiger partial charge is 0.222 e. The molecule has 7 atom stereocenters. The van der Waals surface area contributed by atoms with Crippen molar-refractivity contribution in [3.8, 4) is 0 Å². The number of piperidine rings is 1. The second-order valence-electron chi connectivity index (χ2n) is 9.86. The summed E-state index contributed by atoms with van der Waals surface area (Å²) in [5, 5.41) is 0. The van der Waals surface area contributed by atoms with Crippen LogP contribution in [0.25, 0.3) is 0 Å². The molecule has 0 radical (unpaired) electrons. The average molecular weight is 346 g/mol. The van der Waals surface area contributed by atoms with Gasteiger partial charge in [-0.1, -0.05) is 19.9 Å². The Kier molecular flexibility index (Phi) is 4.30. The predicted molar refractivity (Wildman–Crippen MR) is 100 cm³/mol. The van der Waals surface area contributed by atoms with Gasteiger partial charge in [0.2, 0.25) is 5.91 Å². The Morgan fingerprint density at radius 2 is 2.04 bits per heavy atom. The molecule has 1 saturated heterocycles. The molecule has 25 heavy (non-hydrogen) atoms. The van der Waals surface area contributed by atoms with E-state index in [-0.39, 0.29) is 0 Å². The summed E-state index contributed by atoms with van der Waals surface area (Å²) in [6, 6.07) is 0.466. The summed E-state index contributed by atoms with van der Waals surface area (Å²) in [6.45, 7) is 9.52. The largest absolute Gasteiger partial charge is 0.374 e. The Morgan fingerprint density at radius 1 is 1.24 bits per heavy atom. The normalized spacial score (nSPS) is 49.3. The molecule has 140 valence electrons. The first-order chi connectivity index (χ1) is 11.9. The Bertz CT molecular complexity index is 560. The first-order valence-electron chi connectivity index (χ1n) is 10.4. The molecule has 3 aliphatic carbocycles. The zero-order chi connectivity index (χ0) is 17.8. The predicted octanol–water partition coefficient (Wildman–Crippen LogP) is 4.42. The zero-order valence-electron chi connectivity index (χ0n) is 16.3. The highest BCUT2D eigenvalue weighted by Gasteiger charge is 2.60. The average Bonchev–Trinajstić information content (AvgIpc) is 2.93. The first kappa shape index (κ1) is 17.6. The molecule has 4 fully saturated rings. The lowest BCUT2D eigenvalue weighted by Crippen LogP contribution is -2.61. The molecule has 0 spiro atoms. The maximum atomic E-state index is 12.2. The van der Waals surface area contributed by atoms with Gasteiger partial charge in [0.05, 0.1) is 12.7 Å². The van der Waals surface area contributed by atoms with E-state index in [9.17, 15) is 4.79 Å². The molecule has 4 aliphatic rings. The molecule has 3 heteroatoms. The fraction of sp³-hybridized carbons (Fsp3) is 0.864. The molecular weight excluding hydrogens is 310 g/mol. The highest BCUT2D eigenvalue weighted by molar-refractivity contribution is 5.77. The monoisotopic (exact) mass is 345 g/mol. The molecule has 1 aliphatic heterocycles. The van der Waals surface area contributed by atoms with Crippen LogP contribution in [0.3, 0.4) is 0 Å². The minimum absolute atomic E-state index is 0.326. The van der Waals surface area contributed by atoms with E-state index in [0.717, 1.165) is 30.6 Å². The van der Waals surface area contributed by atoms with Crippen LogP contribution in [-0.4, -0.2) is 36.6 Å². The van der Waals surface area contributed by atoms with Gasteiger partial charge in [-0.3, -0.25) is 4.79 Å². The van der Waals surface area contributed by atoms with Crippen molar-refractivity contribution >= 4 is 5.91 Å². The lowest BCUT2D eigenvalue weighted by molar-refractivity contribution is -0.156. The van der Waals surface area contributed by atoms with E-state index in [1.807, 2.05) is 13.1 Å². The summed E-state index contributed by atoms with van der Waals surface area (Å²) in [5.41, 5.74) is 0.791. The van der Waals surface area contributed by atoms with Crippen molar-refractivity contribution in [1.29, 1.82) is 0 Å². The van der Waals surface area contributed by atoms with Crippen LogP contribution in [0.1, 0.15) is 65.2 Å². The number of nitrogens with zero attached hydrogens (tertiary/aromatic N) is 1. The van der Waals surface area contributed by atoms with E-state index in [4.69, 9.17) is 4.74 Å². The molecule has 0 aromatic heterocycles. The van der Waals surface area contributed by atoms with Crippen LogP contribution < -0.4 is 0 Å². The van der Waals surface area contributed by atoms with Crippen LogP contribution in [0.4, 0.5) is 0 Å². The summed E-state index contributed by atoms with van der Waals surface area (Å²) in [6.07, 6.45) is 11.8. The number of carbonyl (C=O) groups excluding carboxylic acids is 1. The number of ether oxygens (including phenoxy) is 1. The van der Waals surface area contributed by atoms with Gasteiger partial charge in [0.15, 0.2) is 0 Å². The number of likely N-dealkylation sites (tertiary alicyclic amines) is 1.